The van der Waals surface area contributed by atoms with Crippen LogP contribution in [-0.2, 0) is 19.1 Å². The maximum absolute atomic E-state index is 12.4. The van der Waals surface area contributed by atoms with Crippen LogP contribution in [0.25, 0.3) is 6.08 Å². The van der Waals surface area contributed by atoms with Gasteiger partial charge in [-0.05, 0) is 30.2 Å². The van der Waals surface area contributed by atoms with Gasteiger partial charge < -0.3 is 9.47 Å². The second-order valence-corrected chi connectivity index (χ2v) is 5.09. The molecule has 0 amide bonds. The molecule has 1 aliphatic rings. The number of benzene rings is 1. The number of hydrogen-bond donors (Lipinski definition) is 0. The Balaban J connectivity index is 2.53. The summed E-state index contributed by atoms with van der Waals surface area (Å²) in [4.78, 5) is 24.2. The highest BCUT2D eigenvalue weighted by molar-refractivity contribution is 5.97. The first-order valence-corrected chi connectivity index (χ1v) is 7.22. The fraction of sp³-hybridized carbons (Fsp3) is 0.278. The van der Waals surface area contributed by atoms with Crippen molar-refractivity contribution in [1.82, 2.24) is 0 Å². The molecule has 0 aliphatic heterocycles. The predicted octanol–water partition coefficient (Wildman–Crippen LogP) is 2.65. The van der Waals surface area contributed by atoms with Crippen LogP contribution < -0.4 is 0 Å². The van der Waals surface area contributed by atoms with Gasteiger partial charge in [-0.1, -0.05) is 30.3 Å². The third kappa shape index (κ3) is 3.16. The van der Waals surface area contributed by atoms with Crippen LogP contribution in [-0.4, -0.2) is 25.7 Å². The maximum Gasteiger partial charge on any atom is 0.333 e. The zero-order valence-electron chi connectivity index (χ0n) is 13.0. The summed E-state index contributed by atoms with van der Waals surface area (Å²) in [6.07, 6.45) is 3.21. The van der Waals surface area contributed by atoms with E-state index in [1.54, 1.807) is 19.1 Å². The molecule has 0 saturated carbocycles. The van der Waals surface area contributed by atoms with Gasteiger partial charge in [-0.15, -0.1) is 0 Å². The zero-order chi connectivity index (χ0) is 16.9. The smallest absolute Gasteiger partial charge is 0.333 e. The van der Waals surface area contributed by atoms with E-state index in [-0.39, 0.29) is 18.6 Å². The molecule has 0 fully saturated rings. The average molecular weight is 311 g/mol. The second-order valence-electron chi connectivity index (χ2n) is 5.09. The Labute approximate surface area is 134 Å². The van der Waals surface area contributed by atoms with Crippen molar-refractivity contribution in [3.05, 3.63) is 53.1 Å². The normalized spacial score (nSPS) is 21.4. The standard InChI is InChI=1S/C18H17NO4/c1-3-23-17(21)18(12-19)11-14(16(20)22-2)10-15(18)9-13-7-5-4-6-8-13/h4-10H,3,11H2,1-2H3/b15-9-. The molecule has 5 heteroatoms. The number of ether oxygens (including phenoxy) is 2. The third-order valence-corrected chi connectivity index (χ3v) is 3.66. The zero-order valence-corrected chi connectivity index (χ0v) is 13.0. The van der Waals surface area contributed by atoms with Gasteiger partial charge in [0.15, 0.2) is 5.41 Å². The van der Waals surface area contributed by atoms with Gasteiger partial charge in [0.05, 0.1) is 19.8 Å². The summed E-state index contributed by atoms with van der Waals surface area (Å²) in [5, 5.41) is 9.66. The van der Waals surface area contributed by atoms with Crippen LogP contribution in [0.3, 0.4) is 0 Å². The number of carbonyl (C=O) groups is 2. The van der Waals surface area contributed by atoms with Gasteiger partial charge in [-0.25, -0.2) is 9.59 Å². The molecule has 0 N–H and O–H groups in total. The van der Waals surface area contributed by atoms with E-state index in [0.29, 0.717) is 5.57 Å². The SMILES string of the molecule is CCOC(=O)C1(C#N)CC(C(=O)OC)=C/C1=C/c1ccccc1. The van der Waals surface area contributed by atoms with E-state index in [1.165, 1.54) is 7.11 Å². The minimum atomic E-state index is -1.52. The molecule has 1 unspecified atom stereocenters. The molecule has 1 aliphatic carbocycles. The number of rotatable bonds is 4. The molecule has 1 atom stereocenters. The fourth-order valence-electron chi connectivity index (χ4n) is 2.50. The highest BCUT2D eigenvalue weighted by Crippen LogP contribution is 2.44. The minimum absolute atomic E-state index is 0.0479. The summed E-state index contributed by atoms with van der Waals surface area (Å²) in [5.74, 6) is -1.20. The number of carbonyl (C=O) groups excluding carboxylic acids is 2. The molecule has 0 radical (unpaired) electrons. The molecule has 5 nitrogen and oxygen atoms in total. The highest BCUT2D eigenvalue weighted by atomic mass is 16.5. The van der Waals surface area contributed by atoms with Crippen molar-refractivity contribution in [3.8, 4) is 6.07 Å². The van der Waals surface area contributed by atoms with Crippen LogP contribution in [0.2, 0.25) is 0 Å². The fourth-order valence-corrected chi connectivity index (χ4v) is 2.50. The van der Waals surface area contributed by atoms with Crippen molar-refractivity contribution in [2.24, 2.45) is 5.41 Å². The first-order valence-electron chi connectivity index (χ1n) is 7.22. The van der Waals surface area contributed by atoms with Crippen LogP contribution in [0.4, 0.5) is 0 Å². The Morgan fingerprint density at radius 1 is 1.35 bits per heavy atom. The molecule has 0 saturated heterocycles. The van der Waals surface area contributed by atoms with Crippen molar-refractivity contribution in [1.29, 1.82) is 5.26 Å². The van der Waals surface area contributed by atoms with Crippen molar-refractivity contribution < 1.29 is 19.1 Å². The van der Waals surface area contributed by atoms with Gasteiger partial charge >= 0.3 is 11.9 Å². The van der Waals surface area contributed by atoms with Crippen LogP contribution in [0.5, 0.6) is 0 Å². The van der Waals surface area contributed by atoms with Crippen LogP contribution in [0, 0.1) is 16.7 Å². The number of nitrogens with zero attached hydrogens (tertiary/aromatic N) is 1. The molecule has 2 rings (SSSR count). The largest absolute Gasteiger partial charge is 0.466 e. The van der Waals surface area contributed by atoms with Gasteiger partial charge in [0.1, 0.15) is 0 Å². The van der Waals surface area contributed by atoms with Crippen molar-refractivity contribution >= 4 is 18.0 Å². The summed E-state index contributed by atoms with van der Waals surface area (Å²) in [6.45, 7) is 1.83. The molecule has 23 heavy (non-hydrogen) atoms. The topological polar surface area (TPSA) is 76.4 Å². The molecule has 0 bridgehead atoms. The predicted molar refractivity (Wildman–Crippen MR) is 83.8 cm³/mol. The van der Waals surface area contributed by atoms with E-state index >= 15 is 0 Å². The van der Waals surface area contributed by atoms with Crippen molar-refractivity contribution in [2.45, 2.75) is 13.3 Å². The van der Waals surface area contributed by atoms with E-state index in [9.17, 15) is 14.9 Å². The molecule has 1 aromatic carbocycles. The van der Waals surface area contributed by atoms with Crippen LogP contribution >= 0.6 is 0 Å². The lowest BCUT2D eigenvalue weighted by Crippen LogP contribution is -2.31. The van der Waals surface area contributed by atoms with E-state index in [1.807, 2.05) is 36.4 Å². The molecular weight excluding hydrogens is 294 g/mol. The lowest BCUT2D eigenvalue weighted by Gasteiger charge is -2.21. The molecular formula is C18H17NO4. The summed E-state index contributed by atoms with van der Waals surface area (Å²) in [6, 6.07) is 11.3. The third-order valence-electron chi connectivity index (χ3n) is 3.66. The van der Waals surface area contributed by atoms with Gasteiger partial charge in [0.2, 0.25) is 0 Å². The monoisotopic (exact) mass is 311 g/mol. The Morgan fingerprint density at radius 3 is 2.61 bits per heavy atom. The van der Waals surface area contributed by atoms with E-state index in [0.717, 1.165) is 5.56 Å². The van der Waals surface area contributed by atoms with Crippen LogP contribution in [0.1, 0.15) is 18.9 Å². The van der Waals surface area contributed by atoms with Crippen molar-refractivity contribution in [3.63, 3.8) is 0 Å². The molecule has 0 spiro atoms. The van der Waals surface area contributed by atoms with Gasteiger partial charge in [-0.3, -0.25) is 0 Å². The minimum Gasteiger partial charge on any atom is -0.466 e. The van der Waals surface area contributed by atoms with E-state index in [4.69, 9.17) is 9.47 Å². The highest BCUT2D eigenvalue weighted by Gasteiger charge is 2.49. The lowest BCUT2D eigenvalue weighted by atomic mass is 9.81. The van der Waals surface area contributed by atoms with E-state index in [2.05, 4.69) is 0 Å². The number of methoxy groups -OCH3 is 1. The molecule has 0 heterocycles. The van der Waals surface area contributed by atoms with Gasteiger partial charge in [0.25, 0.3) is 0 Å². The number of allylic oxidation sites excluding steroid dienone is 1. The lowest BCUT2D eigenvalue weighted by molar-refractivity contribution is -0.149. The molecule has 1 aromatic rings. The Bertz CT molecular complexity index is 712. The van der Waals surface area contributed by atoms with Crippen LogP contribution in [0.15, 0.2) is 47.6 Å². The van der Waals surface area contributed by atoms with E-state index < -0.39 is 17.4 Å². The summed E-state index contributed by atoms with van der Waals surface area (Å²) < 4.78 is 9.78. The Hall–Kier alpha value is -2.87. The number of nitriles is 1. The first kappa shape index (κ1) is 16.5. The number of esters is 2. The Kier molecular flexibility index (Phi) is 4.97. The number of hydrogen-bond acceptors (Lipinski definition) is 5. The Morgan fingerprint density at radius 2 is 2.04 bits per heavy atom. The molecule has 0 aromatic heterocycles. The summed E-state index contributed by atoms with van der Waals surface area (Å²) in [7, 11) is 1.26. The second kappa shape index (κ2) is 6.93. The summed E-state index contributed by atoms with van der Waals surface area (Å²) in [5.41, 5.74) is 0.0261. The van der Waals surface area contributed by atoms with Gasteiger partial charge in [-0.2, -0.15) is 5.26 Å². The maximum atomic E-state index is 12.4. The quantitative estimate of drug-likeness (QED) is 0.799. The first-order chi connectivity index (χ1) is 11.1. The summed E-state index contributed by atoms with van der Waals surface area (Å²) >= 11 is 0. The van der Waals surface area contributed by atoms with Crippen molar-refractivity contribution in [2.75, 3.05) is 13.7 Å². The molecule has 118 valence electrons. The van der Waals surface area contributed by atoms with Gasteiger partial charge in [0, 0.05) is 12.0 Å². The average Bonchev–Trinajstić information content (AvgIpc) is 2.95.